The van der Waals surface area contributed by atoms with Gasteiger partial charge in [0, 0.05) is 53.1 Å². The molecule has 0 spiro atoms. The molecular formula is C20H14N6OS2. The SMILES string of the molecule is O=C(NCc1nccs1)c1cc(-c2cnn3cc(-c4cccnc4)cnc23)cs1. The Balaban J connectivity index is 1.39. The maximum atomic E-state index is 12.4. The lowest BCUT2D eigenvalue weighted by atomic mass is 10.1. The molecular weight excluding hydrogens is 404 g/mol. The fourth-order valence-corrected chi connectivity index (χ4v) is 4.32. The summed E-state index contributed by atoms with van der Waals surface area (Å²) in [4.78, 5) is 26.0. The molecule has 0 radical (unpaired) electrons. The quantitative estimate of drug-likeness (QED) is 0.468. The molecule has 0 aromatic carbocycles. The number of hydrogen-bond donors (Lipinski definition) is 1. The van der Waals surface area contributed by atoms with Crippen LogP contribution in [0.2, 0.25) is 0 Å². The summed E-state index contributed by atoms with van der Waals surface area (Å²) in [5.41, 5.74) is 4.47. The highest BCUT2D eigenvalue weighted by molar-refractivity contribution is 7.12. The number of aromatic nitrogens is 5. The first-order valence-corrected chi connectivity index (χ1v) is 10.5. The average molecular weight is 419 g/mol. The minimum absolute atomic E-state index is 0.111. The molecule has 5 heterocycles. The number of thiazole rings is 1. The minimum Gasteiger partial charge on any atom is -0.345 e. The number of nitrogens with one attached hydrogen (secondary N) is 1. The van der Waals surface area contributed by atoms with Gasteiger partial charge in [-0.3, -0.25) is 9.78 Å². The van der Waals surface area contributed by atoms with Crippen molar-refractivity contribution in [1.29, 1.82) is 0 Å². The van der Waals surface area contributed by atoms with Gasteiger partial charge in [0.2, 0.25) is 0 Å². The number of amides is 1. The molecule has 142 valence electrons. The number of fused-ring (bicyclic) bond motifs is 1. The van der Waals surface area contributed by atoms with Crippen LogP contribution in [0.4, 0.5) is 0 Å². The Hall–Kier alpha value is -3.43. The first-order valence-electron chi connectivity index (χ1n) is 8.77. The Morgan fingerprint density at radius 1 is 1.07 bits per heavy atom. The molecule has 0 unspecified atom stereocenters. The van der Waals surface area contributed by atoms with E-state index in [-0.39, 0.29) is 5.91 Å². The van der Waals surface area contributed by atoms with Crippen LogP contribution < -0.4 is 5.32 Å². The van der Waals surface area contributed by atoms with E-state index in [0.29, 0.717) is 11.4 Å². The van der Waals surface area contributed by atoms with Crippen molar-refractivity contribution in [2.45, 2.75) is 6.54 Å². The van der Waals surface area contributed by atoms with Gasteiger partial charge in [-0.1, -0.05) is 6.07 Å². The molecule has 0 saturated heterocycles. The van der Waals surface area contributed by atoms with Gasteiger partial charge in [0.1, 0.15) is 5.01 Å². The molecule has 7 nitrogen and oxygen atoms in total. The maximum absolute atomic E-state index is 12.4. The van der Waals surface area contributed by atoms with Crippen LogP contribution in [0.15, 0.2) is 66.1 Å². The van der Waals surface area contributed by atoms with Crippen LogP contribution in [-0.2, 0) is 6.54 Å². The van der Waals surface area contributed by atoms with Crippen LogP contribution in [-0.4, -0.2) is 30.5 Å². The number of rotatable bonds is 5. The standard InChI is InChI=1S/C20H14N6OS2/c27-20(24-10-18-22-4-5-28-18)17-6-14(12-29-17)16-9-25-26-11-15(8-23-19(16)26)13-2-1-3-21-7-13/h1-9,11-12H,10H2,(H,24,27). The van der Waals surface area contributed by atoms with Crippen molar-refractivity contribution in [3.05, 3.63) is 76.0 Å². The smallest absolute Gasteiger partial charge is 0.261 e. The highest BCUT2D eigenvalue weighted by atomic mass is 32.1. The zero-order valence-corrected chi connectivity index (χ0v) is 16.7. The Bertz CT molecular complexity index is 1280. The molecule has 0 atom stereocenters. The summed E-state index contributed by atoms with van der Waals surface area (Å²) in [6, 6.07) is 5.74. The molecule has 1 amide bonds. The fraction of sp³-hybridized carbons (Fsp3) is 0.0500. The monoisotopic (exact) mass is 418 g/mol. The lowest BCUT2D eigenvalue weighted by molar-refractivity contribution is 0.0955. The second kappa shape index (κ2) is 7.53. The summed E-state index contributed by atoms with van der Waals surface area (Å²) in [5, 5.41) is 12.1. The molecule has 5 aromatic heterocycles. The summed E-state index contributed by atoms with van der Waals surface area (Å²) in [6.45, 7) is 0.430. The number of carbonyl (C=O) groups is 1. The van der Waals surface area contributed by atoms with Gasteiger partial charge < -0.3 is 5.32 Å². The molecule has 9 heteroatoms. The van der Waals surface area contributed by atoms with Gasteiger partial charge in [0.25, 0.3) is 5.91 Å². The summed E-state index contributed by atoms with van der Waals surface area (Å²) < 4.78 is 1.75. The predicted molar refractivity (Wildman–Crippen MR) is 113 cm³/mol. The molecule has 0 aliphatic carbocycles. The highest BCUT2D eigenvalue weighted by Crippen LogP contribution is 2.29. The van der Waals surface area contributed by atoms with E-state index in [1.165, 1.54) is 22.7 Å². The van der Waals surface area contributed by atoms with Gasteiger partial charge in [0.05, 0.1) is 17.6 Å². The van der Waals surface area contributed by atoms with Gasteiger partial charge in [0.15, 0.2) is 5.65 Å². The molecule has 0 aliphatic heterocycles. The third kappa shape index (κ3) is 3.53. The predicted octanol–water partition coefficient (Wildman–Crippen LogP) is 3.91. The number of carbonyl (C=O) groups excluding carboxylic acids is 1. The van der Waals surface area contributed by atoms with E-state index in [2.05, 4.69) is 25.4 Å². The van der Waals surface area contributed by atoms with Crippen molar-refractivity contribution in [1.82, 2.24) is 29.9 Å². The summed E-state index contributed by atoms with van der Waals surface area (Å²) in [6.07, 6.45) is 10.8. The Kier molecular flexibility index (Phi) is 4.59. The lowest BCUT2D eigenvalue weighted by Gasteiger charge is -2.02. The largest absolute Gasteiger partial charge is 0.345 e. The van der Waals surface area contributed by atoms with E-state index in [1.807, 2.05) is 41.4 Å². The maximum Gasteiger partial charge on any atom is 0.261 e. The Morgan fingerprint density at radius 3 is 2.86 bits per heavy atom. The summed E-state index contributed by atoms with van der Waals surface area (Å²) in [7, 11) is 0. The third-order valence-corrected chi connectivity index (χ3v) is 6.08. The van der Waals surface area contributed by atoms with Gasteiger partial charge in [-0.25, -0.2) is 14.5 Å². The van der Waals surface area contributed by atoms with E-state index < -0.39 is 0 Å². The molecule has 29 heavy (non-hydrogen) atoms. The fourth-order valence-electron chi connectivity index (χ4n) is 2.94. The zero-order chi connectivity index (χ0) is 19.6. The molecule has 0 saturated carbocycles. The second-order valence-corrected chi connectivity index (χ2v) is 8.11. The molecule has 5 rings (SSSR count). The van der Waals surface area contributed by atoms with Crippen molar-refractivity contribution in [3.63, 3.8) is 0 Å². The van der Waals surface area contributed by atoms with Crippen molar-refractivity contribution < 1.29 is 4.79 Å². The van der Waals surface area contributed by atoms with Gasteiger partial charge in [-0.15, -0.1) is 22.7 Å². The van der Waals surface area contributed by atoms with Crippen molar-refractivity contribution in [2.75, 3.05) is 0 Å². The third-order valence-electron chi connectivity index (χ3n) is 4.37. The van der Waals surface area contributed by atoms with Crippen molar-refractivity contribution in [3.8, 4) is 22.3 Å². The number of nitrogens with zero attached hydrogens (tertiary/aromatic N) is 5. The van der Waals surface area contributed by atoms with Crippen LogP contribution >= 0.6 is 22.7 Å². The van der Waals surface area contributed by atoms with Crippen LogP contribution in [0, 0.1) is 0 Å². The summed E-state index contributed by atoms with van der Waals surface area (Å²) >= 11 is 2.92. The molecule has 1 N–H and O–H groups in total. The average Bonchev–Trinajstić information content (AvgIpc) is 3.52. The van der Waals surface area contributed by atoms with Crippen LogP contribution in [0.3, 0.4) is 0 Å². The second-order valence-electron chi connectivity index (χ2n) is 6.22. The van der Waals surface area contributed by atoms with Gasteiger partial charge >= 0.3 is 0 Å². The van der Waals surface area contributed by atoms with E-state index in [9.17, 15) is 4.79 Å². The Morgan fingerprint density at radius 2 is 2.03 bits per heavy atom. The highest BCUT2D eigenvalue weighted by Gasteiger charge is 2.14. The summed E-state index contributed by atoms with van der Waals surface area (Å²) in [5.74, 6) is -0.111. The molecule has 0 aliphatic rings. The number of thiophene rings is 1. The number of pyridine rings is 1. The lowest BCUT2D eigenvalue weighted by Crippen LogP contribution is -2.21. The van der Waals surface area contributed by atoms with Crippen LogP contribution in [0.25, 0.3) is 27.9 Å². The zero-order valence-electron chi connectivity index (χ0n) is 15.0. The van der Waals surface area contributed by atoms with Crippen molar-refractivity contribution in [2.24, 2.45) is 0 Å². The Labute approximate surface area is 173 Å². The minimum atomic E-state index is -0.111. The molecule has 0 fully saturated rings. The first-order chi connectivity index (χ1) is 14.3. The van der Waals surface area contributed by atoms with Gasteiger partial charge in [-0.05, 0) is 23.1 Å². The van der Waals surface area contributed by atoms with E-state index >= 15 is 0 Å². The first kappa shape index (κ1) is 17.7. The topological polar surface area (TPSA) is 85.1 Å². The van der Waals surface area contributed by atoms with Crippen molar-refractivity contribution >= 4 is 34.2 Å². The van der Waals surface area contributed by atoms with Gasteiger partial charge in [-0.2, -0.15) is 5.10 Å². The molecule has 0 bridgehead atoms. The normalized spacial score (nSPS) is 11.0. The van der Waals surface area contributed by atoms with Crippen LogP contribution in [0.5, 0.6) is 0 Å². The van der Waals surface area contributed by atoms with E-state index in [1.54, 1.807) is 29.3 Å². The number of hydrogen-bond acceptors (Lipinski definition) is 7. The van der Waals surface area contributed by atoms with Crippen LogP contribution in [0.1, 0.15) is 14.7 Å². The van der Waals surface area contributed by atoms with E-state index in [0.717, 1.165) is 32.9 Å². The van der Waals surface area contributed by atoms with E-state index in [4.69, 9.17) is 0 Å². The molecule has 5 aromatic rings.